The molecule has 3 aromatic rings. The predicted molar refractivity (Wildman–Crippen MR) is 129 cm³/mol. The summed E-state index contributed by atoms with van der Waals surface area (Å²) in [5, 5.41) is 0. The van der Waals surface area contributed by atoms with Gasteiger partial charge >= 0.3 is 0 Å². The Kier molecular flexibility index (Phi) is 6.11. The highest BCUT2D eigenvalue weighted by Crippen LogP contribution is 2.32. The Labute approximate surface area is 195 Å². The van der Waals surface area contributed by atoms with E-state index in [1.807, 2.05) is 18.1 Å². The Hall–Kier alpha value is -3.22. The second-order valence-corrected chi connectivity index (χ2v) is 9.25. The van der Waals surface area contributed by atoms with Gasteiger partial charge in [0, 0.05) is 62.8 Å². The largest absolute Gasteiger partial charge is 0.356 e. The minimum absolute atomic E-state index is 0.00799. The van der Waals surface area contributed by atoms with Crippen LogP contribution < -0.4 is 4.90 Å². The average Bonchev–Trinajstić information content (AvgIpc) is 3.28. The van der Waals surface area contributed by atoms with Crippen LogP contribution in [0.15, 0.2) is 42.7 Å². The molecule has 5 rings (SSSR count). The van der Waals surface area contributed by atoms with E-state index in [1.54, 1.807) is 10.8 Å². The van der Waals surface area contributed by atoms with E-state index in [2.05, 4.69) is 47.1 Å². The number of imidazole rings is 1. The number of carbonyl (C=O) groups is 1. The van der Waals surface area contributed by atoms with Crippen molar-refractivity contribution in [3.8, 4) is 0 Å². The maximum absolute atomic E-state index is 13.0. The normalized spacial score (nSPS) is 18.3. The molecule has 0 bridgehead atoms. The molecule has 4 heterocycles. The third-order valence-electron chi connectivity index (χ3n) is 6.96. The number of carbonyl (C=O) groups excluding carboxylic acids is 1. The summed E-state index contributed by atoms with van der Waals surface area (Å²) in [6, 6.07) is 10.7. The van der Waals surface area contributed by atoms with E-state index < -0.39 is 0 Å². The van der Waals surface area contributed by atoms with Crippen molar-refractivity contribution in [1.29, 1.82) is 0 Å². The van der Waals surface area contributed by atoms with Gasteiger partial charge in [-0.2, -0.15) is 0 Å². The first-order valence-electron chi connectivity index (χ1n) is 12.0. The SMILES string of the molecule is Cc1nc(C2CCCN(C(=O)c3nccn3C)C2)nc2c1CCCN2CCc1ccccc1. The van der Waals surface area contributed by atoms with Gasteiger partial charge in [0.25, 0.3) is 5.91 Å². The first-order valence-corrected chi connectivity index (χ1v) is 12.0. The lowest BCUT2D eigenvalue weighted by atomic mass is 9.95. The van der Waals surface area contributed by atoms with Crippen molar-refractivity contribution in [2.24, 2.45) is 7.05 Å². The Bertz CT molecular complexity index is 1130. The fraction of sp³-hybridized carbons (Fsp3) is 0.462. The number of anilines is 1. The first-order chi connectivity index (χ1) is 16.1. The molecule has 0 spiro atoms. The maximum atomic E-state index is 13.0. The molecule has 1 unspecified atom stereocenters. The summed E-state index contributed by atoms with van der Waals surface area (Å²) in [7, 11) is 1.86. The summed E-state index contributed by atoms with van der Waals surface area (Å²) in [5.41, 5.74) is 3.73. The molecule has 7 heteroatoms. The maximum Gasteiger partial charge on any atom is 0.289 e. The standard InChI is InChI=1S/C26H32N6O/c1-19-22-11-7-14-31(16-12-20-8-4-3-5-9-20)24(22)29-23(28-19)21-10-6-15-32(18-21)26(33)25-27-13-17-30(25)2/h3-5,8-9,13,17,21H,6-7,10-12,14-16,18H2,1-2H3. The third kappa shape index (κ3) is 4.49. The van der Waals surface area contributed by atoms with Gasteiger partial charge in [0.05, 0.1) is 0 Å². The van der Waals surface area contributed by atoms with Crippen LogP contribution in [0.2, 0.25) is 0 Å². The lowest BCUT2D eigenvalue weighted by molar-refractivity contribution is 0.0688. The highest BCUT2D eigenvalue weighted by atomic mass is 16.2. The number of fused-ring (bicyclic) bond motifs is 1. The highest BCUT2D eigenvalue weighted by molar-refractivity contribution is 5.90. The number of hydrogen-bond donors (Lipinski definition) is 0. The molecular weight excluding hydrogens is 412 g/mol. The molecule has 1 amide bonds. The molecule has 2 aliphatic heterocycles. The number of hydrogen-bond acceptors (Lipinski definition) is 5. The van der Waals surface area contributed by atoms with Crippen molar-refractivity contribution in [2.75, 3.05) is 31.1 Å². The average molecular weight is 445 g/mol. The topological polar surface area (TPSA) is 67.2 Å². The third-order valence-corrected chi connectivity index (χ3v) is 6.96. The first kappa shape index (κ1) is 21.6. The van der Waals surface area contributed by atoms with Crippen molar-refractivity contribution in [2.45, 2.75) is 44.9 Å². The summed E-state index contributed by atoms with van der Waals surface area (Å²) in [6.45, 7) is 5.51. The minimum atomic E-state index is -0.00799. The molecule has 1 aromatic carbocycles. The van der Waals surface area contributed by atoms with Gasteiger partial charge in [-0.25, -0.2) is 15.0 Å². The molecule has 1 saturated heterocycles. The zero-order valence-corrected chi connectivity index (χ0v) is 19.6. The highest BCUT2D eigenvalue weighted by Gasteiger charge is 2.30. The molecule has 0 saturated carbocycles. The Morgan fingerprint density at radius 1 is 1.12 bits per heavy atom. The zero-order valence-electron chi connectivity index (χ0n) is 19.6. The second kappa shape index (κ2) is 9.33. The van der Waals surface area contributed by atoms with Gasteiger partial charge in [-0.05, 0) is 44.6 Å². The van der Waals surface area contributed by atoms with Crippen LogP contribution in [0.1, 0.15) is 58.4 Å². The van der Waals surface area contributed by atoms with Gasteiger partial charge in [-0.1, -0.05) is 30.3 Å². The van der Waals surface area contributed by atoms with Crippen molar-refractivity contribution in [3.05, 3.63) is 71.2 Å². The van der Waals surface area contributed by atoms with Crippen LogP contribution in [0.3, 0.4) is 0 Å². The van der Waals surface area contributed by atoms with Crippen molar-refractivity contribution in [1.82, 2.24) is 24.4 Å². The van der Waals surface area contributed by atoms with Crippen LogP contribution in [0, 0.1) is 6.92 Å². The number of piperidine rings is 1. The van der Waals surface area contributed by atoms with E-state index in [0.29, 0.717) is 12.4 Å². The van der Waals surface area contributed by atoms with Crippen LogP contribution in [0.4, 0.5) is 5.82 Å². The molecule has 0 N–H and O–H groups in total. The van der Waals surface area contributed by atoms with Crippen molar-refractivity contribution >= 4 is 11.7 Å². The van der Waals surface area contributed by atoms with E-state index in [9.17, 15) is 4.79 Å². The van der Waals surface area contributed by atoms with Crippen molar-refractivity contribution < 1.29 is 4.79 Å². The fourth-order valence-corrected chi connectivity index (χ4v) is 5.10. The van der Waals surface area contributed by atoms with Gasteiger partial charge in [-0.3, -0.25) is 4.79 Å². The predicted octanol–water partition coefficient (Wildman–Crippen LogP) is 3.53. The smallest absolute Gasteiger partial charge is 0.289 e. The molecule has 2 aromatic heterocycles. The van der Waals surface area contributed by atoms with Crippen LogP contribution in [0.25, 0.3) is 0 Å². The molecule has 172 valence electrons. The molecule has 2 aliphatic rings. The Morgan fingerprint density at radius 2 is 1.97 bits per heavy atom. The zero-order chi connectivity index (χ0) is 22.8. The summed E-state index contributed by atoms with van der Waals surface area (Å²) in [5.74, 6) is 2.63. The summed E-state index contributed by atoms with van der Waals surface area (Å²) >= 11 is 0. The molecular formula is C26H32N6O. The molecule has 1 atom stereocenters. The van der Waals surface area contributed by atoms with Crippen LogP contribution in [0.5, 0.6) is 0 Å². The molecule has 1 fully saturated rings. The van der Waals surface area contributed by atoms with E-state index in [0.717, 1.165) is 69.1 Å². The number of nitrogens with zero attached hydrogens (tertiary/aromatic N) is 6. The lowest BCUT2D eigenvalue weighted by Gasteiger charge is -2.34. The molecule has 7 nitrogen and oxygen atoms in total. The second-order valence-electron chi connectivity index (χ2n) is 9.25. The number of likely N-dealkylation sites (tertiary alicyclic amines) is 1. The summed E-state index contributed by atoms with van der Waals surface area (Å²) < 4.78 is 1.79. The molecule has 33 heavy (non-hydrogen) atoms. The van der Waals surface area contributed by atoms with E-state index in [-0.39, 0.29) is 11.8 Å². The van der Waals surface area contributed by atoms with E-state index >= 15 is 0 Å². The van der Waals surface area contributed by atoms with Crippen LogP contribution >= 0.6 is 0 Å². The van der Waals surface area contributed by atoms with Gasteiger partial charge < -0.3 is 14.4 Å². The van der Waals surface area contributed by atoms with Gasteiger partial charge in [0.15, 0.2) is 5.82 Å². The summed E-state index contributed by atoms with van der Waals surface area (Å²) in [6.07, 6.45) is 8.64. The number of aryl methyl sites for hydroxylation is 2. The van der Waals surface area contributed by atoms with Crippen molar-refractivity contribution in [3.63, 3.8) is 0 Å². The van der Waals surface area contributed by atoms with Gasteiger partial charge in [0.1, 0.15) is 11.6 Å². The quantitative estimate of drug-likeness (QED) is 0.602. The van der Waals surface area contributed by atoms with E-state index in [4.69, 9.17) is 9.97 Å². The lowest BCUT2D eigenvalue weighted by Crippen LogP contribution is -2.41. The van der Waals surface area contributed by atoms with Gasteiger partial charge in [-0.15, -0.1) is 0 Å². The summed E-state index contributed by atoms with van der Waals surface area (Å²) in [4.78, 5) is 31.7. The Balaban J connectivity index is 1.36. The van der Waals surface area contributed by atoms with Crippen LogP contribution in [-0.2, 0) is 19.9 Å². The van der Waals surface area contributed by atoms with Crippen LogP contribution in [-0.4, -0.2) is 56.5 Å². The minimum Gasteiger partial charge on any atom is -0.356 e. The fourth-order valence-electron chi connectivity index (χ4n) is 5.10. The number of benzene rings is 1. The number of aromatic nitrogens is 4. The Morgan fingerprint density at radius 3 is 2.76 bits per heavy atom. The number of amides is 1. The monoisotopic (exact) mass is 444 g/mol. The van der Waals surface area contributed by atoms with E-state index in [1.165, 1.54) is 11.1 Å². The molecule has 0 aliphatic carbocycles. The van der Waals surface area contributed by atoms with Gasteiger partial charge in [0.2, 0.25) is 0 Å². The molecule has 0 radical (unpaired) electrons. The number of rotatable bonds is 5.